The second-order valence-electron chi connectivity index (χ2n) is 4.45. The van der Waals surface area contributed by atoms with Crippen molar-refractivity contribution in [2.75, 3.05) is 18.9 Å². The highest BCUT2D eigenvalue weighted by atomic mass is 32.2. The lowest BCUT2D eigenvalue weighted by molar-refractivity contribution is -0.150. The molecule has 2 atom stereocenters. The van der Waals surface area contributed by atoms with Crippen molar-refractivity contribution in [1.29, 1.82) is 0 Å². The van der Waals surface area contributed by atoms with Gasteiger partial charge in [0.1, 0.15) is 5.54 Å². The van der Waals surface area contributed by atoms with Crippen LogP contribution in [0.25, 0.3) is 0 Å². The summed E-state index contributed by atoms with van der Waals surface area (Å²) < 4.78 is 5.17. The first-order valence-corrected chi connectivity index (χ1v) is 7.58. The molecule has 17 heavy (non-hydrogen) atoms. The molecule has 0 heterocycles. The molecule has 0 saturated carbocycles. The van der Waals surface area contributed by atoms with Gasteiger partial charge in [0.25, 0.3) is 0 Å². The smallest absolute Gasteiger partial charge is 0.326 e. The van der Waals surface area contributed by atoms with Crippen molar-refractivity contribution < 1.29 is 9.53 Å². The molecule has 4 heteroatoms. The molecule has 102 valence electrons. The molecule has 0 fully saturated rings. The van der Waals surface area contributed by atoms with E-state index in [-0.39, 0.29) is 5.97 Å². The van der Waals surface area contributed by atoms with Gasteiger partial charge in [-0.3, -0.25) is 4.79 Å². The third kappa shape index (κ3) is 6.32. The molecule has 0 aliphatic heterocycles. The fourth-order valence-electron chi connectivity index (χ4n) is 1.84. The Bertz CT molecular complexity index is 223. The fraction of sp³-hybridized carbons (Fsp3) is 0.923. The van der Waals surface area contributed by atoms with Crippen molar-refractivity contribution in [3.63, 3.8) is 0 Å². The summed E-state index contributed by atoms with van der Waals surface area (Å²) in [6, 6.07) is 0. The fourth-order valence-corrected chi connectivity index (χ4v) is 2.86. The van der Waals surface area contributed by atoms with Crippen LogP contribution in [-0.4, -0.2) is 35.7 Å². The molecule has 3 nitrogen and oxygen atoms in total. The summed E-state index contributed by atoms with van der Waals surface area (Å²) in [5, 5.41) is 3.79. The molecular weight excluding hydrogens is 234 g/mol. The van der Waals surface area contributed by atoms with E-state index in [0.717, 1.165) is 25.1 Å². The zero-order valence-electron chi connectivity index (χ0n) is 11.8. The molecule has 0 aromatic rings. The highest BCUT2D eigenvalue weighted by molar-refractivity contribution is 7.99. The van der Waals surface area contributed by atoms with Crippen LogP contribution in [-0.2, 0) is 9.53 Å². The van der Waals surface area contributed by atoms with Crippen molar-refractivity contribution in [1.82, 2.24) is 5.32 Å². The Morgan fingerprint density at radius 2 is 2.06 bits per heavy atom. The first-order chi connectivity index (χ1) is 8.00. The van der Waals surface area contributed by atoms with Crippen LogP contribution in [0.15, 0.2) is 0 Å². The van der Waals surface area contributed by atoms with Crippen LogP contribution in [0.4, 0.5) is 0 Å². The molecule has 0 aromatic carbocycles. The summed E-state index contributed by atoms with van der Waals surface area (Å²) in [7, 11) is 0. The van der Waals surface area contributed by atoms with E-state index in [4.69, 9.17) is 4.74 Å². The Hall–Kier alpha value is -0.220. The van der Waals surface area contributed by atoms with E-state index >= 15 is 0 Å². The first-order valence-electron chi connectivity index (χ1n) is 6.54. The van der Waals surface area contributed by atoms with Crippen LogP contribution in [0, 0.1) is 0 Å². The average Bonchev–Trinajstić information content (AvgIpc) is 2.27. The van der Waals surface area contributed by atoms with E-state index < -0.39 is 5.54 Å². The average molecular weight is 261 g/mol. The van der Waals surface area contributed by atoms with Gasteiger partial charge in [0.05, 0.1) is 6.61 Å². The Balaban J connectivity index is 4.52. The van der Waals surface area contributed by atoms with Gasteiger partial charge in [-0.15, -0.1) is 0 Å². The van der Waals surface area contributed by atoms with E-state index in [1.807, 2.05) is 25.6 Å². The number of ether oxygens (including phenoxy) is 1. The predicted molar refractivity (Wildman–Crippen MR) is 75.5 cm³/mol. The molecule has 0 saturated heterocycles. The highest BCUT2D eigenvalue weighted by Crippen LogP contribution is 2.23. The van der Waals surface area contributed by atoms with Crippen LogP contribution in [0.5, 0.6) is 0 Å². The van der Waals surface area contributed by atoms with Crippen molar-refractivity contribution in [2.45, 2.75) is 58.2 Å². The maximum absolute atomic E-state index is 12.0. The SMILES string of the molecule is CCCNC(C)(CC(C)SCC)C(=O)OCC. The Labute approximate surface area is 110 Å². The number of esters is 1. The molecule has 0 bridgehead atoms. The molecule has 1 N–H and O–H groups in total. The van der Waals surface area contributed by atoms with Gasteiger partial charge in [-0.05, 0) is 39.0 Å². The second-order valence-corrected chi connectivity index (χ2v) is 6.16. The summed E-state index contributed by atoms with van der Waals surface area (Å²) in [6.45, 7) is 11.5. The number of carbonyl (C=O) groups is 1. The normalized spacial score (nSPS) is 16.3. The molecule has 0 rings (SSSR count). The molecule has 0 aliphatic carbocycles. The number of hydrogen-bond donors (Lipinski definition) is 1. The predicted octanol–water partition coefficient (Wildman–Crippen LogP) is 2.84. The van der Waals surface area contributed by atoms with E-state index in [0.29, 0.717) is 11.9 Å². The molecular formula is C13H27NO2S. The van der Waals surface area contributed by atoms with Crippen molar-refractivity contribution in [3.8, 4) is 0 Å². The molecule has 0 aromatic heterocycles. The lowest BCUT2D eigenvalue weighted by Crippen LogP contribution is -2.52. The number of thioether (sulfide) groups is 1. The van der Waals surface area contributed by atoms with Crippen molar-refractivity contribution >= 4 is 17.7 Å². The van der Waals surface area contributed by atoms with Crippen LogP contribution in [0.1, 0.15) is 47.5 Å². The van der Waals surface area contributed by atoms with Gasteiger partial charge in [-0.2, -0.15) is 11.8 Å². The summed E-state index contributed by atoms with van der Waals surface area (Å²) in [6.07, 6.45) is 1.83. The quantitative estimate of drug-likeness (QED) is 0.648. The van der Waals surface area contributed by atoms with Crippen LogP contribution in [0.2, 0.25) is 0 Å². The van der Waals surface area contributed by atoms with Gasteiger partial charge in [0.2, 0.25) is 0 Å². The van der Waals surface area contributed by atoms with E-state index in [2.05, 4.69) is 26.1 Å². The van der Waals surface area contributed by atoms with E-state index in [9.17, 15) is 4.79 Å². The Kier molecular flexibility index (Phi) is 8.70. The van der Waals surface area contributed by atoms with Gasteiger partial charge in [0, 0.05) is 5.25 Å². The van der Waals surface area contributed by atoms with Gasteiger partial charge in [-0.25, -0.2) is 0 Å². The Morgan fingerprint density at radius 1 is 1.41 bits per heavy atom. The van der Waals surface area contributed by atoms with Crippen molar-refractivity contribution in [3.05, 3.63) is 0 Å². The monoisotopic (exact) mass is 261 g/mol. The number of hydrogen-bond acceptors (Lipinski definition) is 4. The first kappa shape index (κ1) is 16.8. The van der Waals surface area contributed by atoms with Crippen LogP contribution in [0.3, 0.4) is 0 Å². The molecule has 2 unspecified atom stereocenters. The zero-order chi connectivity index (χ0) is 13.3. The summed E-state index contributed by atoms with van der Waals surface area (Å²) in [4.78, 5) is 12.0. The maximum Gasteiger partial charge on any atom is 0.326 e. The van der Waals surface area contributed by atoms with Crippen LogP contribution < -0.4 is 5.32 Å². The minimum atomic E-state index is -0.548. The van der Waals surface area contributed by atoms with Gasteiger partial charge >= 0.3 is 5.97 Å². The minimum Gasteiger partial charge on any atom is -0.465 e. The van der Waals surface area contributed by atoms with E-state index in [1.54, 1.807) is 0 Å². The standard InChI is InChI=1S/C13H27NO2S/c1-6-9-14-13(5,12(15)16-7-2)10-11(4)17-8-3/h11,14H,6-10H2,1-5H3. The summed E-state index contributed by atoms with van der Waals surface area (Å²) in [5.74, 6) is 0.949. The van der Waals surface area contributed by atoms with Gasteiger partial charge in [0.15, 0.2) is 0 Å². The third-order valence-corrected chi connectivity index (χ3v) is 3.71. The molecule has 0 spiro atoms. The third-order valence-electron chi connectivity index (χ3n) is 2.64. The van der Waals surface area contributed by atoms with Crippen molar-refractivity contribution in [2.24, 2.45) is 0 Å². The lowest BCUT2D eigenvalue weighted by Gasteiger charge is -2.30. The van der Waals surface area contributed by atoms with E-state index in [1.165, 1.54) is 0 Å². The largest absolute Gasteiger partial charge is 0.465 e. The lowest BCUT2D eigenvalue weighted by atomic mass is 9.96. The summed E-state index contributed by atoms with van der Waals surface area (Å²) >= 11 is 1.88. The topological polar surface area (TPSA) is 38.3 Å². The Morgan fingerprint density at radius 3 is 2.53 bits per heavy atom. The number of rotatable bonds is 9. The zero-order valence-corrected chi connectivity index (χ0v) is 12.7. The number of carbonyl (C=O) groups excluding carboxylic acids is 1. The second kappa shape index (κ2) is 8.81. The summed E-state index contributed by atoms with van der Waals surface area (Å²) in [5.41, 5.74) is -0.548. The molecule has 0 radical (unpaired) electrons. The number of nitrogens with one attached hydrogen (secondary N) is 1. The van der Waals surface area contributed by atoms with Crippen LogP contribution >= 0.6 is 11.8 Å². The molecule has 0 aliphatic rings. The minimum absolute atomic E-state index is 0.128. The molecule has 0 amide bonds. The maximum atomic E-state index is 12.0. The van der Waals surface area contributed by atoms with Gasteiger partial charge < -0.3 is 10.1 Å². The van der Waals surface area contributed by atoms with Gasteiger partial charge in [-0.1, -0.05) is 20.8 Å². The highest BCUT2D eigenvalue weighted by Gasteiger charge is 2.35.